The highest BCUT2D eigenvalue weighted by molar-refractivity contribution is 6.01. The molecule has 2 heterocycles. The summed E-state index contributed by atoms with van der Waals surface area (Å²) < 4.78 is 0. The zero-order valence-corrected chi connectivity index (χ0v) is 13.9. The zero-order chi connectivity index (χ0) is 17.1. The molecule has 0 saturated carbocycles. The van der Waals surface area contributed by atoms with E-state index in [-0.39, 0.29) is 23.8 Å². The van der Waals surface area contributed by atoms with Gasteiger partial charge >= 0.3 is 0 Å². The molecule has 2 aliphatic heterocycles. The van der Waals surface area contributed by atoms with Crippen molar-refractivity contribution in [1.82, 2.24) is 5.32 Å². The number of hydrogen-bond donors (Lipinski definition) is 2. The lowest BCUT2D eigenvalue weighted by Crippen LogP contribution is -2.47. The van der Waals surface area contributed by atoms with Gasteiger partial charge in [-0.15, -0.1) is 0 Å². The molecule has 1 unspecified atom stereocenters. The Bertz CT molecular complexity index is 651. The molecule has 2 amide bonds. The molecule has 0 radical (unpaired) electrons. The molecule has 1 aromatic carbocycles. The maximum absolute atomic E-state index is 11.9. The minimum absolute atomic E-state index is 0.191. The predicted octanol–water partition coefficient (Wildman–Crippen LogP) is 1.63. The highest BCUT2D eigenvalue weighted by atomic mass is 16.2. The van der Waals surface area contributed by atoms with Gasteiger partial charge in [0.1, 0.15) is 12.3 Å². The molecule has 2 N–H and O–H groups in total. The molecule has 2 saturated heterocycles. The quantitative estimate of drug-likeness (QED) is 0.648. The summed E-state index contributed by atoms with van der Waals surface area (Å²) in [4.78, 5) is 36.2. The lowest BCUT2D eigenvalue weighted by Gasteiger charge is -2.32. The third-order valence-electron chi connectivity index (χ3n) is 4.88. The van der Waals surface area contributed by atoms with Gasteiger partial charge in [0.15, 0.2) is 0 Å². The first-order chi connectivity index (χ1) is 11.6. The van der Waals surface area contributed by atoms with Crippen LogP contribution >= 0.6 is 0 Å². The van der Waals surface area contributed by atoms with Crippen LogP contribution in [0.2, 0.25) is 0 Å². The first-order valence-electron chi connectivity index (χ1n) is 8.48. The standard InChI is InChI=1S/C18H23N3O3/c1-12-10-14(21-8-6-13(11-22)7-9-21)2-3-15(12)19-16-4-5-17(23)20-18(16)24/h2-3,10-11,13,16,19H,4-9H2,1H3,(H,20,23,24). The maximum Gasteiger partial charge on any atom is 0.249 e. The fourth-order valence-electron chi connectivity index (χ4n) is 3.32. The number of hydrogen-bond acceptors (Lipinski definition) is 5. The van der Waals surface area contributed by atoms with Crippen LogP contribution in [0.15, 0.2) is 18.2 Å². The number of piperidine rings is 2. The number of benzene rings is 1. The normalized spacial score (nSPS) is 22.2. The van der Waals surface area contributed by atoms with Crippen LogP contribution in [-0.4, -0.2) is 37.2 Å². The average molecular weight is 329 g/mol. The summed E-state index contributed by atoms with van der Waals surface area (Å²) in [6.07, 6.45) is 3.75. The van der Waals surface area contributed by atoms with E-state index < -0.39 is 0 Å². The zero-order valence-electron chi connectivity index (χ0n) is 13.9. The maximum atomic E-state index is 11.9. The fraction of sp³-hybridized carbons (Fsp3) is 0.500. The number of carbonyl (C=O) groups excluding carboxylic acids is 3. The lowest BCUT2D eigenvalue weighted by atomic mass is 9.98. The van der Waals surface area contributed by atoms with Gasteiger partial charge in [-0.2, -0.15) is 0 Å². The minimum atomic E-state index is -0.365. The van der Waals surface area contributed by atoms with Crippen molar-refractivity contribution in [2.45, 2.75) is 38.6 Å². The van der Waals surface area contributed by atoms with Crippen molar-refractivity contribution < 1.29 is 14.4 Å². The Morgan fingerprint density at radius 1 is 1.21 bits per heavy atom. The van der Waals surface area contributed by atoms with E-state index in [2.05, 4.69) is 21.6 Å². The number of nitrogens with zero attached hydrogens (tertiary/aromatic N) is 1. The molecule has 2 aliphatic rings. The average Bonchev–Trinajstić information content (AvgIpc) is 2.59. The van der Waals surface area contributed by atoms with Crippen molar-refractivity contribution in [3.63, 3.8) is 0 Å². The first kappa shape index (κ1) is 16.5. The van der Waals surface area contributed by atoms with Crippen LogP contribution in [0.4, 0.5) is 11.4 Å². The van der Waals surface area contributed by atoms with E-state index in [9.17, 15) is 14.4 Å². The van der Waals surface area contributed by atoms with Gasteiger partial charge in [-0.1, -0.05) is 0 Å². The van der Waals surface area contributed by atoms with Crippen LogP contribution < -0.4 is 15.5 Å². The van der Waals surface area contributed by atoms with Gasteiger partial charge in [-0.25, -0.2) is 0 Å². The molecule has 3 rings (SSSR count). The molecular formula is C18H23N3O3. The number of nitrogens with one attached hydrogen (secondary N) is 2. The number of carbonyl (C=O) groups is 3. The molecule has 0 aromatic heterocycles. The van der Waals surface area contributed by atoms with Crippen LogP contribution in [0.1, 0.15) is 31.2 Å². The Hall–Kier alpha value is -2.37. The number of aryl methyl sites for hydroxylation is 1. The van der Waals surface area contributed by atoms with Crippen molar-refractivity contribution in [2.75, 3.05) is 23.3 Å². The third-order valence-corrected chi connectivity index (χ3v) is 4.88. The van der Waals surface area contributed by atoms with Gasteiger partial charge < -0.3 is 15.0 Å². The van der Waals surface area contributed by atoms with E-state index in [1.54, 1.807) is 0 Å². The Kier molecular flexibility index (Phi) is 4.83. The number of amides is 2. The summed E-state index contributed by atoms with van der Waals surface area (Å²) in [5.74, 6) is -0.273. The van der Waals surface area contributed by atoms with Crippen molar-refractivity contribution in [1.29, 1.82) is 0 Å². The largest absolute Gasteiger partial charge is 0.373 e. The third kappa shape index (κ3) is 3.58. The molecule has 24 heavy (non-hydrogen) atoms. The molecule has 1 atom stereocenters. The summed E-state index contributed by atoms with van der Waals surface area (Å²) >= 11 is 0. The van der Waals surface area contributed by atoms with E-state index in [0.29, 0.717) is 12.8 Å². The van der Waals surface area contributed by atoms with E-state index in [0.717, 1.165) is 49.2 Å². The molecule has 2 fully saturated rings. The summed E-state index contributed by atoms with van der Waals surface area (Å²) in [6, 6.07) is 5.77. The Labute approximate surface area is 141 Å². The minimum Gasteiger partial charge on any atom is -0.373 e. The SMILES string of the molecule is Cc1cc(N2CCC(C=O)CC2)ccc1NC1CCC(=O)NC1=O. The van der Waals surface area contributed by atoms with Gasteiger partial charge in [0.05, 0.1) is 0 Å². The Balaban J connectivity index is 1.66. The van der Waals surface area contributed by atoms with Crippen molar-refractivity contribution >= 4 is 29.5 Å². The molecular weight excluding hydrogens is 306 g/mol. The number of rotatable bonds is 4. The second-order valence-electron chi connectivity index (χ2n) is 6.61. The van der Waals surface area contributed by atoms with Gasteiger partial charge in [0.2, 0.25) is 11.8 Å². The molecule has 128 valence electrons. The number of imide groups is 1. The summed E-state index contributed by atoms with van der Waals surface area (Å²) in [5.41, 5.74) is 3.12. The highest BCUT2D eigenvalue weighted by Crippen LogP contribution is 2.27. The molecule has 6 nitrogen and oxygen atoms in total. The topological polar surface area (TPSA) is 78.5 Å². The van der Waals surface area contributed by atoms with Crippen molar-refractivity contribution in [2.24, 2.45) is 5.92 Å². The van der Waals surface area contributed by atoms with Gasteiger partial charge in [0.25, 0.3) is 0 Å². The van der Waals surface area contributed by atoms with Crippen LogP contribution in [-0.2, 0) is 14.4 Å². The highest BCUT2D eigenvalue weighted by Gasteiger charge is 2.26. The Morgan fingerprint density at radius 3 is 2.58 bits per heavy atom. The first-order valence-corrected chi connectivity index (χ1v) is 8.48. The lowest BCUT2D eigenvalue weighted by molar-refractivity contribution is -0.133. The molecule has 0 spiro atoms. The number of anilines is 2. The van der Waals surface area contributed by atoms with Crippen LogP contribution in [0.25, 0.3) is 0 Å². The summed E-state index contributed by atoms with van der Waals surface area (Å²) in [6.45, 7) is 3.79. The van der Waals surface area contributed by atoms with E-state index >= 15 is 0 Å². The molecule has 1 aromatic rings. The van der Waals surface area contributed by atoms with Gasteiger partial charge in [-0.3, -0.25) is 14.9 Å². The van der Waals surface area contributed by atoms with E-state index in [1.807, 2.05) is 19.1 Å². The van der Waals surface area contributed by atoms with Crippen LogP contribution in [0.3, 0.4) is 0 Å². The molecule has 0 aliphatic carbocycles. The van der Waals surface area contributed by atoms with Crippen LogP contribution in [0, 0.1) is 12.8 Å². The molecule has 0 bridgehead atoms. The smallest absolute Gasteiger partial charge is 0.249 e. The number of aldehydes is 1. The predicted molar refractivity (Wildman–Crippen MR) is 92.0 cm³/mol. The molecule has 6 heteroatoms. The van der Waals surface area contributed by atoms with Crippen LogP contribution in [0.5, 0.6) is 0 Å². The summed E-state index contributed by atoms with van der Waals surface area (Å²) in [7, 11) is 0. The summed E-state index contributed by atoms with van der Waals surface area (Å²) in [5, 5.41) is 5.60. The second-order valence-corrected chi connectivity index (χ2v) is 6.61. The van der Waals surface area contributed by atoms with Gasteiger partial charge in [-0.05, 0) is 49.9 Å². The van der Waals surface area contributed by atoms with E-state index in [1.165, 1.54) is 0 Å². The Morgan fingerprint density at radius 2 is 1.96 bits per heavy atom. The fourth-order valence-corrected chi connectivity index (χ4v) is 3.32. The van der Waals surface area contributed by atoms with Crippen molar-refractivity contribution in [3.8, 4) is 0 Å². The van der Waals surface area contributed by atoms with Gasteiger partial charge in [0, 0.05) is 36.8 Å². The second kappa shape index (κ2) is 7.03. The monoisotopic (exact) mass is 329 g/mol. The van der Waals surface area contributed by atoms with E-state index in [4.69, 9.17) is 0 Å². The van der Waals surface area contributed by atoms with Crippen molar-refractivity contribution in [3.05, 3.63) is 23.8 Å².